The average molecular weight is 309 g/mol. The highest BCUT2D eigenvalue weighted by atomic mass is 32.2. The Balaban J connectivity index is 3.05. The van der Waals surface area contributed by atoms with Crippen molar-refractivity contribution < 1.29 is 13.5 Å². The second-order valence-electron chi connectivity index (χ2n) is 5.18. The van der Waals surface area contributed by atoms with E-state index < -0.39 is 15.6 Å². The van der Waals surface area contributed by atoms with Crippen LogP contribution in [0.1, 0.15) is 45.6 Å². The van der Waals surface area contributed by atoms with Crippen molar-refractivity contribution in [3.8, 4) is 11.8 Å². The van der Waals surface area contributed by atoms with Crippen molar-refractivity contribution in [2.24, 2.45) is 0 Å². The highest BCUT2D eigenvalue weighted by molar-refractivity contribution is 7.89. The quantitative estimate of drug-likeness (QED) is 0.792. The summed E-state index contributed by atoms with van der Waals surface area (Å²) in [5.41, 5.74) is 0.179. The van der Waals surface area contributed by atoms with Crippen LogP contribution in [0.15, 0.2) is 29.2 Å². The van der Waals surface area contributed by atoms with Crippen molar-refractivity contribution in [1.29, 1.82) is 0 Å². The van der Waals surface area contributed by atoms with Gasteiger partial charge < -0.3 is 5.11 Å². The molecule has 0 aliphatic heterocycles. The molecule has 0 bridgehead atoms. The average Bonchev–Trinajstić information content (AvgIpc) is 2.47. The van der Waals surface area contributed by atoms with Crippen molar-refractivity contribution in [1.82, 2.24) is 4.72 Å². The van der Waals surface area contributed by atoms with Crippen molar-refractivity contribution in [3.63, 3.8) is 0 Å². The molecule has 4 nitrogen and oxygen atoms in total. The molecule has 0 radical (unpaired) electrons. The van der Waals surface area contributed by atoms with Gasteiger partial charge in [0.2, 0.25) is 10.0 Å². The molecule has 0 saturated carbocycles. The van der Waals surface area contributed by atoms with E-state index in [-0.39, 0.29) is 11.5 Å². The van der Waals surface area contributed by atoms with Crippen LogP contribution >= 0.6 is 0 Å². The van der Waals surface area contributed by atoms with E-state index in [1.54, 1.807) is 24.3 Å². The van der Waals surface area contributed by atoms with Crippen LogP contribution in [0.2, 0.25) is 0 Å². The third-order valence-electron chi connectivity index (χ3n) is 3.56. The normalized spacial score (nSPS) is 11.8. The van der Waals surface area contributed by atoms with Crippen LogP contribution in [0.5, 0.6) is 0 Å². The van der Waals surface area contributed by atoms with E-state index in [0.29, 0.717) is 12.0 Å². The second kappa shape index (κ2) is 7.60. The first-order valence-electron chi connectivity index (χ1n) is 7.10. The lowest BCUT2D eigenvalue weighted by Crippen LogP contribution is -2.44. The van der Waals surface area contributed by atoms with Gasteiger partial charge in [-0.1, -0.05) is 31.8 Å². The monoisotopic (exact) mass is 309 g/mol. The number of benzene rings is 1. The maximum atomic E-state index is 12.4. The van der Waals surface area contributed by atoms with E-state index in [1.807, 2.05) is 20.8 Å². The summed E-state index contributed by atoms with van der Waals surface area (Å²) in [6, 6.07) is 6.54. The van der Waals surface area contributed by atoms with E-state index in [9.17, 15) is 8.42 Å². The summed E-state index contributed by atoms with van der Waals surface area (Å²) in [6.45, 7) is 5.82. The van der Waals surface area contributed by atoms with Gasteiger partial charge in [-0.15, -0.1) is 0 Å². The molecule has 0 amide bonds. The molecule has 1 aromatic rings. The molecule has 0 aliphatic carbocycles. The molecular weight excluding hydrogens is 286 g/mol. The minimum absolute atomic E-state index is 0.00208. The van der Waals surface area contributed by atoms with Crippen molar-refractivity contribution >= 4 is 10.0 Å². The van der Waals surface area contributed by atoms with Crippen LogP contribution in [0, 0.1) is 11.8 Å². The third-order valence-corrected chi connectivity index (χ3v) is 5.19. The summed E-state index contributed by atoms with van der Waals surface area (Å²) in [5.74, 6) is 5.63. The molecule has 0 fully saturated rings. The van der Waals surface area contributed by atoms with Crippen LogP contribution in [0.25, 0.3) is 0 Å². The van der Waals surface area contributed by atoms with Gasteiger partial charge in [0, 0.05) is 17.5 Å². The van der Waals surface area contributed by atoms with Crippen molar-refractivity contribution in [2.45, 2.75) is 50.5 Å². The molecule has 0 aromatic heterocycles. The number of aliphatic hydroxyl groups is 1. The minimum atomic E-state index is -3.56. The Hall–Kier alpha value is -1.35. The zero-order valence-electron chi connectivity index (χ0n) is 12.8. The predicted octanol–water partition coefficient (Wildman–Crippen LogP) is 2.28. The van der Waals surface area contributed by atoms with Crippen LogP contribution in [0.3, 0.4) is 0 Å². The summed E-state index contributed by atoms with van der Waals surface area (Å²) >= 11 is 0. The fraction of sp³-hybridized carbons (Fsp3) is 0.500. The smallest absolute Gasteiger partial charge is 0.241 e. The lowest BCUT2D eigenvalue weighted by atomic mass is 9.98. The van der Waals surface area contributed by atoms with Crippen LogP contribution in [-0.4, -0.2) is 25.7 Å². The van der Waals surface area contributed by atoms with E-state index in [4.69, 9.17) is 5.11 Å². The van der Waals surface area contributed by atoms with E-state index in [2.05, 4.69) is 16.6 Å². The van der Waals surface area contributed by atoms with Gasteiger partial charge in [-0.25, -0.2) is 13.1 Å². The summed E-state index contributed by atoms with van der Waals surface area (Å²) < 4.78 is 27.7. The predicted molar refractivity (Wildman–Crippen MR) is 84.3 cm³/mol. The first-order chi connectivity index (χ1) is 9.87. The maximum Gasteiger partial charge on any atom is 0.241 e. The number of hydrogen-bond acceptors (Lipinski definition) is 3. The van der Waals surface area contributed by atoms with Crippen LogP contribution in [0.4, 0.5) is 0 Å². The SMILES string of the molecule is CCC(C)(CC)NS(=O)(=O)c1cccc(C#CCCO)c1. The lowest BCUT2D eigenvalue weighted by Gasteiger charge is -2.27. The standard InChI is InChI=1S/C16H23NO3S/c1-4-16(3,5-2)17-21(19,20)15-11-8-10-14(13-15)9-6-7-12-18/h8,10-11,13,17-18H,4-5,7,12H2,1-3H3. The molecule has 1 aromatic carbocycles. The summed E-state index contributed by atoms with van der Waals surface area (Å²) in [7, 11) is -3.56. The molecule has 0 unspecified atom stereocenters. The molecule has 1 rings (SSSR count). The fourth-order valence-electron chi connectivity index (χ4n) is 1.74. The maximum absolute atomic E-state index is 12.4. The third kappa shape index (κ3) is 5.16. The number of aliphatic hydroxyl groups excluding tert-OH is 1. The molecule has 0 atom stereocenters. The van der Waals surface area contributed by atoms with Gasteiger partial charge >= 0.3 is 0 Å². The Morgan fingerprint density at radius 3 is 2.52 bits per heavy atom. The molecule has 0 heterocycles. The zero-order chi connectivity index (χ0) is 15.9. The summed E-state index contributed by atoms with van der Waals surface area (Å²) in [4.78, 5) is 0.214. The molecular formula is C16H23NO3S. The summed E-state index contributed by atoms with van der Waals surface area (Å²) in [5, 5.41) is 8.70. The van der Waals surface area contributed by atoms with Crippen LogP contribution < -0.4 is 4.72 Å². The van der Waals surface area contributed by atoms with Gasteiger partial charge in [0.15, 0.2) is 0 Å². The second-order valence-corrected chi connectivity index (χ2v) is 6.86. The lowest BCUT2D eigenvalue weighted by molar-refractivity contribution is 0.305. The number of hydrogen-bond donors (Lipinski definition) is 2. The molecule has 0 aliphatic rings. The van der Waals surface area contributed by atoms with Crippen LogP contribution in [-0.2, 0) is 10.0 Å². The van der Waals surface area contributed by atoms with Gasteiger partial charge in [0.25, 0.3) is 0 Å². The number of sulfonamides is 1. The summed E-state index contributed by atoms with van der Waals surface area (Å²) in [6.07, 6.45) is 1.82. The first kappa shape index (κ1) is 17.7. The van der Waals surface area contributed by atoms with Crippen molar-refractivity contribution in [3.05, 3.63) is 29.8 Å². The Labute approximate surface area is 127 Å². The van der Waals surface area contributed by atoms with E-state index in [0.717, 1.165) is 12.8 Å². The molecule has 21 heavy (non-hydrogen) atoms. The first-order valence-corrected chi connectivity index (χ1v) is 8.59. The van der Waals surface area contributed by atoms with Gasteiger partial charge in [0.05, 0.1) is 11.5 Å². The zero-order valence-corrected chi connectivity index (χ0v) is 13.6. The Bertz CT molecular complexity index is 622. The van der Waals surface area contributed by atoms with E-state index >= 15 is 0 Å². The number of nitrogens with one attached hydrogen (secondary N) is 1. The molecule has 5 heteroatoms. The molecule has 0 saturated heterocycles. The topological polar surface area (TPSA) is 66.4 Å². The van der Waals surface area contributed by atoms with E-state index in [1.165, 1.54) is 0 Å². The molecule has 0 spiro atoms. The fourth-order valence-corrected chi connectivity index (χ4v) is 3.33. The van der Waals surface area contributed by atoms with Gasteiger partial charge in [-0.05, 0) is 38.0 Å². The van der Waals surface area contributed by atoms with Crippen molar-refractivity contribution in [2.75, 3.05) is 6.61 Å². The minimum Gasteiger partial charge on any atom is -0.395 e. The highest BCUT2D eigenvalue weighted by Gasteiger charge is 2.27. The number of rotatable bonds is 6. The Morgan fingerprint density at radius 2 is 1.95 bits per heavy atom. The molecule has 2 N–H and O–H groups in total. The molecule has 116 valence electrons. The largest absolute Gasteiger partial charge is 0.395 e. The van der Waals surface area contributed by atoms with Gasteiger partial charge in [0.1, 0.15) is 0 Å². The Morgan fingerprint density at radius 1 is 1.29 bits per heavy atom. The van der Waals surface area contributed by atoms with Gasteiger partial charge in [-0.2, -0.15) is 0 Å². The Kier molecular flexibility index (Phi) is 6.41. The highest BCUT2D eigenvalue weighted by Crippen LogP contribution is 2.19. The van der Waals surface area contributed by atoms with Gasteiger partial charge in [-0.3, -0.25) is 0 Å².